The summed E-state index contributed by atoms with van der Waals surface area (Å²) in [6, 6.07) is 3.77. The van der Waals surface area contributed by atoms with Crippen molar-refractivity contribution in [3.8, 4) is 0 Å². The molecule has 2 unspecified atom stereocenters. The van der Waals surface area contributed by atoms with E-state index < -0.39 is 0 Å². The van der Waals surface area contributed by atoms with Crippen LogP contribution in [0.25, 0.3) is 0 Å². The van der Waals surface area contributed by atoms with Gasteiger partial charge in [0.2, 0.25) is 0 Å². The molecule has 1 heterocycles. The van der Waals surface area contributed by atoms with E-state index in [1.54, 1.807) is 0 Å². The normalized spacial score (nSPS) is 21.7. The quantitative estimate of drug-likeness (QED) is 0.919. The van der Waals surface area contributed by atoms with Crippen molar-refractivity contribution in [3.63, 3.8) is 0 Å². The van der Waals surface area contributed by atoms with Crippen LogP contribution >= 0.6 is 12.4 Å². The van der Waals surface area contributed by atoms with Gasteiger partial charge in [-0.1, -0.05) is 0 Å². The number of nitrogens with zero attached hydrogens (tertiary/aromatic N) is 1. The third kappa shape index (κ3) is 3.64. The summed E-state index contributed by atoms with van der Waals surface area (Å²) in [4.78, 5) is 2.13. The van der Waals surface area contributed by atoms with Crippen molar-refractivity contribution >= 4 is 12.4 Å². The van der Waals surface area contributed by atoms with Crippen LogP contribution in [0.4, 0.5) is 8.78 Å². The summed E-state index contributed by atoms with van der Waals surface area (Å²) in [5.74, 6) is -0.258. The van der Waals surface area contributed by atoms with E-state index in [9.17, 15) is 8.78 Å². The van der Waals surface area contributed by atoms with E-state index in [4.69, 9.17) is 5.73 Å². The maximum absolute atomic E-state index is 13.5. The highest BCUT2D eigenvalue weighted by molar-refractivity contribution is 5.85. The molecule has 2 N–H and O–H groups in total. The molecular weight excluding hydrogens is 258 g/mol. The monoisotopic (exact) mass is 276 g/mol. The largest absolute Gasteiger partial charge is 0.328 e. The average Bonchev–Trinajstić information content (AvgIpc) is 2.72. The minimum Gasteiger partial charge on any atom is -0.328 e. The van der Waals surface area contributed by atoms with Crippen LogP contribution in [0.5, 0.6) is 0 Å². The molecule has 1 aliphatic heterocycles. The molecule has 1 aromatic carbocycles. The van der Waals surface area contributed by atoms with Crippen molar-refractivity contribution in [1.82, 2.24) is 4.90 Å². The highest BCUT2D eigenvalue weighted by Crippen LogP contribution is 2.21. The average molecular weight is 277 g/mol. The molecule has 2 rings (SSSR count). The summed E-state index contributed by atoms with van der Waals surface area (Å²) in [5, 5.41) is 0. The van der Waals surface area contributed by atoms with E-state index in [0.29, 0.717) is 18.0 Å². The summed E-state index contributed by atoms with van der Waals surface area (Å²) >= 11 is 0. The molecule has 0 amide bonds. The SMILES string of the molecule is CC(N)C1CCN(Cc2cc(F)ccc2F)C1.Cl. The number of rotatable bonds is 3. The Balaban J connectivity index is 0.00000162. The van der Waals surface area contributed by atoms with Gasteiger partial charge in [0.05, 0.1) is 0 Å². The van der Waals surface area contributed by atoms with Crippen molar-refractivity contribution < 1.29 is 8.78 Å². The van der Waals surface area contributed by atoms with Crippen molar-refractivity contribution in [2.75, 3.05) is 13.1 Å². The van der Waals surface area contributed by atoms with Gasteiger partial charge in [-0.2, -0.15) is 0 Å². The zero-order chi connectivity index (χ0) is 12.4. The van der Waals surface area contributed by atoms with Crippen molar-refractivity contribution in [2.45, 2.75) is 25.9 Å². The molecule has 2 atom stereocenters. The molecule has 0 radical (unpaired) electrons. The first-order valence-electron chi connectivity index (χ1n) is 5.98. The Morgan fingerprint density at radius 1 is 1.44 bits per heavy atom. The Labute approximate surface area is 113 Å². The molecule has 1 saturated heterocycles. The van der Waals surface area contributed by atoms with Crippen molar-refractivity contribution in [1.29, 1.82) is 0 Å². The summed E-state index contributed by atoms with van der Waals surface area (Å²) in [6.45, 7) is 4.24. The Hall–Kier alpha value is -0.710. The van der Waals surface area contributed by atoms with Crippen molar-refractivity contribution in [3.05, 3.63) is 35.4 Å². The molecule has 0 bridgehead atoms. The lowest BCUT2D eigenvalue weighted by Gasteiger charge is -2.18. The zero-order valence-corrected chi connectivity index (χ0v) is 11.2. The minimum atomic E-state index is -0.385. The molecule has 0 spiro atoms. The minimum absolute atomic E-state index is 0. The highest BCUT2D eigenvalue weighted by Gasteiger charge is 2.25. The summed E-state index contributed by atoms with van der Waals surface area (Å²) in [7, 11) is 0. The fourth-order valence-corrected chi connectivity index (χ4v) is 2.34. The second-order valence-electron chi connectivity index (χ2n) is 4.88. The van der Waals surface area contributed by atoms with Gasteiger partial charge in [-0.15, -0.1) is 12.4 Å². The number of hydrogen-bond donors (Lipinski definition) is 1. The second-order valence-corrected chi connectivity index (χ2v) is 4.88. The van der Waals surface area contributed by atoms with Crippen LogP contribution in [0.2, 0.25) is 0 Å². The van der Waals surface area contributed by atoms with Gasteiger partial charge in [0.25, 0.3) is 0 Å². The predicted molar refractivity (Wildman–Crippen MR) is 70.6 cm³/mol. The van der Waals surface area contributed by atoms with E-state index in [0.717, 1.165) is 25.6 Å². The summed E-state index contributed by atoms with van der Waals surface area (Å²) < 4.78 is 26.5. The van der Waals surface area contributed by atoms with E-state index in [1.807, 2.05) is 6.92 Å². The van der Waals surface area contributed by atoms with Crippen molar-refractivity contribution in [2.24, 2.45) is 11.7 Å². The third-order valence-corrected chi connectivity index (χ3v) is 3.45. The number of hydrogen-bond acceptors (Lipinski definition) is 2. The lowest BCUT2D eigenvalue weighted by atomic mass is 10.0. The van der Waals surface area contributed by atoms with Gasteiger partial charge in [0.1, 0.15) is 11.6 Å². The van der Waals surface area contributed by atoms with E-state index in [-0.39, 0.29) is 30.1 Å². The fraction of sp³-hybridized carbons (Fsp3) is 0.538. The molecule has 1 fully saturated rings. The summed E-state index contributed by atoms with van der Waals surface area (Å²) in [6.07, 6.45) is 1.04. The maximum Gasteiger partial charge on any atom is 0.127 e. The number of likely N-dealkylation sites (tertiary alicyclic amines) is 1. The van der Waals surface area contributed by atoms with Crippen LogP contribution < -0.4 is 5.73 Å². The summed E-state index contributed by atoms with van der Waals surface area (Å²) in [5.41, 5.74) is 6.27. The third-order valence-electron chi connectivity index (χ3n) is 3.45. The standard InChI is InChI=1S/C13H18F2N2.ClH/c1-9(16)10-4-5-17(7-10)8-11-6-12(14)2-3-13(11)15;/h2-3,6,9-10H,4-5,7-8,16H2,1H3;1H. The lowest BCUT2D eigenvalue weighted by molar-refractivity contribution is 0.303. The van der Waals surface area contributed by atoms with Crippen LogP contribution in [0.3, 0.4) is 0 Å². The molecule has 0 saturated carbocycles. The second kappa shape index (κ2) is 6.45. The van der Waals surface area contributed by atoms with Gasteiger partial charge < -0.3 is 5.73 Å². The molecule has 1 aliphatic rings. The molecule has 0 aromatic heterocycles. The number of halogens is 3. The fourth-order valence-electron chi connectivity index (χ4n) is 2.34. The molecule has 18 heavy (non-hydrogen) atoms. The van der Waals surface area contributed by atoms with Gasteiger partial charge in [0.15, 0.2) is 0 Å². The van der Waals surface area contributed by atoms with E-state index in [2.05, 4.69) is 4.90 Å². The Bertz CT molecular complexity index is 399. The zero-order valence-electron chi connectivity index (χ0n) is 10.4. The van der Waals surface area contributed by atoms with Gasteiger partial charge in [-0.25, -0.2) is 8.78 Å². The van der Waals surface area contributed by atoms with E-state index in [1.165, 1.54) is 12.1 Å². The number of benzene rings is 1. The van der Waals surface area contributed by atoms with E-state index >= 15 is 0 Å². The molecule has 5 heteroatoms. The Morgan fingerprint density at radius 2 is 2.17 bits per heavy atom. The highest BCUT2D eigenvalue weighted by atomic mass is 35.5. The lowest BCUT2D eigenvalue weighted by Crippen LogP contribution is -2.29. The maximum atomic E-state index is 13.5. The van der Waals surface area contributed by atoms with Crippen LogP contribution in [0.1, 0.15) is 18.9 Å². The number of nitrogens with two attached hydrogens (primary N) is 1. The molecule has 1 aromatic rings. The molecule has 0 aliphatic carbocycles. The predicted octanol–water partition coefficient (Wildman–Crippen LogP) is 2.56. The van der Waals surface area contributed by atoms with Crippen LogP contribution in [-0.4, -0.2) is 24.0 Å². The van der Waals surface area contributed by atoms with Gasteiger partial charge in [0, 0.05) is 24.7 Å². The van der Waals surface area contributed by atoms with Crippen LogP contribution in [0.15, 0.2) is 18.2 Å². The van der Waals surface area contributed by atoms with Crippen LogP contribution in [-0.2, 0) is 6.54 Å². The Morgan fingerprint density at radius 3 is 2.78 bits per heavy atom. The topological polar surface area (TPSA) is 29.3 Å². The first-order chi connectivity index (χ1) is 8.06. The molecule has 102 valence electrons. The van der Waals surface area contributed by atoms with Gasteiger partial charge in [-0.05, 0) is 44.0 Å². The molecular formula is C13H19ClF2N2. The molecule has 2 nitrogen and oxygen atoms in total. The first-order valence-corrected chi connectivity index (χ1v) is 5.98. The van der Waals surface area contributed by atoms with Crippen LogP contribution in [0, 0.1) is 17.6 Å². The van der Waals surface area contributed by atoms with Gasteiger partial charge >= 0.3 is 0 Å². The van der Waals surface area contributed by atoms with Gasteiger partial charge in [-0.3, -0.25) is 4.90 Å². The Kier molecular flexibility index (Phi) is 5.50. The smallest absolute Gasteiger partial charge is 0.127 e. The first kappa shape index (κ1) is 15.3.